The number of rotatable bonds is 7. The maximum atomic E-state index is 12.7. The molecule has 3 rings (SSSR count). The number of piperazine rings is 1. The van der Waals surface area contributed by atoms with Gasteiger partial charge < -0.3 is 10.2 Å². The topological polar surface area (TPSA) is 106 Å². The number of amides is 1. The van der Waals surface area contributed by atoms with E-state index in [0.29, 0.717) is 43.3 Å². The Balaban J connectivity index is 1.53. The highest BCUT2D eigenvalue weighted by Gasteiger charge is 2.27. The van der Waals surface area contributed by atoms with Gasteiger partial charge in [0.2, 0.25) is 15.9 Å². The molecule has 30 heavy (non-hydrogen) atoms. The van der Waals surface area contributed by atoms with Gasteiger partial charge in [-0.1, -0.05) is 23.9 Å². The second-order valence-corrected chi connectivity index (χ2v) is 9.84. The molecule has 1 amide bonds. The summed E-state index contributed by atoms with van der Waals surface area (Å²) < 4.78 is 26.9. The summed E-state index contributed by atoms with van der Waals surface area (Å²) in [6.45, 7) is 2.34. The Bertz CT molecular complexity index is 1010. The first-order valence-electron chi connectivity index (χ1n) is 9.42. The van der Waals surface area contributed by atoms with Gasteiger partial charge in [-0.05, 0) is 36.9 Å². The third-order valence-electron chi connectivity index (χ3n) is 4.68. The van der Waals surface area contributed by atoms with Crippen LogP contribution in [0.1, 0.15) is 5.56 Å². The number of benzene rings is 1. The summed E-state index contributed by atoms with van der Waals surface area (Å²) in [5, 5.41) is 12.0. The zero-order valence-corrected chi connectivity index (χ0v) is 18.2. The Morgan fingerprint density at radius 3 is 2.47 bits per heavy atom. The molecule has 0 spiro atoms. The van der Waals surface area contributed by atoms with Crippen LogP contribution in [0, 0.1) is 11.3 Å². The van der Waals surface area contributed by atoms with E-state index in [-0.39, 0.29) is 16.6 Å². The van der Waals surface area contributed by atoms with Crippen LogP contribution in [0.4, 0.5) is 5.69 Å². The SMILES string of the molecule is CN1CCN(S(=O)(=O)c2ccc(SCC(=O)Nc3ccc(CC#N)cc3)nc2)CC1. The predicted molar refractivity (Wildman–Crippen MR) is 116 cm³/mol. The molecular weight excluding hydrogens is 422 g/mol. The molecule has 8 nitrogen and oxygen atoms in total. The maximum absolute atomic E-state index is 12.7. The highest BCUT2D eigenvalue weighted by molar-refractivity contribution is 7.99. The highest BCUT2D eigenvalue weighted by Crippen LogP contribution is 2.21. The van der Waals surface area contributed by atoms with Crippen molar-refractivity contribution in [1.29, 1.82) is 5.26 Å². The average Bonchev–Trinajstić information content (AvgIpc) is 2.74. The Kier molecular flexibility index (Phi) is 7.44. The van der Waals surface area contributed by atoms with E-state index in [2.05, 4.69) is 21.3 Å². The lowest BCUT2D eigenvalue weighted by atomic mass is 10.1. The van der Waals surface area contributed by atoms with Crippen molar-refractivity contribution in [1.82, 2.24) is 14.2 Å². The van der Waals surface area contributed by atoms with Crippen molar-refractivity contribution in [2.24, 2.45) is 0 Å². The molecule has 0 atom stereocenters. The third kappa shape index (κ3) is 5.79. The van der Waals surface area contributed by atoms with Gasteiger partial charge in [-0.25, -0.2) is 13.4 Å². The minimum atomic E-state index is -3.55. The Morgan fingerprint density at radius 2 is 1.87 bits per heavy atom. The summed E-state index contributed by atoms with van der Waals surface area (Å²) in [6, 6.07) is 12.3. The molecule has 10 heteroatoms. The van der Waals surface area contributed by atoms with Crippen molar-refractivity contribution in [2.75, 3.05) is 44.3 Å². The predicted octanol–water partition coefficient (Wildman–Crippen LogP) is 1.81. The molecule has 0 unspecified atom stereocenters. The number of hydrogen-bond acceptors (Lipinski definition) is 7. The van der Waals surface area contributed by atoms with E-state index in [4.69, 9.17) is 5.26 Å². The van der Waals surface area contributed by atoms with Gasteiger partial charge >= 0.3 is 0 Å². The molecule has 1 N–H and O–H groups in total. The van der Waals surface area contributed by atoms with Crippen LogP contribution in [0.25, 0.3) is 0 Å². The Hall–Kier alpha value is -2.45. The third-order valence-corrected chi connectivity index (χ3v) is 7.51. The monoisotopic (exact) mass is 445 g/mol. The van der Waals surface area contributed by atoms with Crippen LogP contribution < -0.4 is 5.32 Å². The summed E-state index contributed by atoms with van der Waals surface area (Å²) in [6.07, 6.45) is 1.68. The molecule has 0 aliphatic carbocycles. The van der Waals surface area contributed by atoms with E-state index in [9.17, 15) is 13.2 Å². The van der Waals surface area contributed by atoms with Crippen molar-refractivity contribution in [2.45, 2.75) is 16.3 Å². The molecule has 158 valence electrons. The van der Waals surface area contributed by atoms with Crippen molar-refractivity contribution >= 4 is 33.4 Å². The zero-order valence-electron chi connectivity index (χ0n) is 16.6. The largest absolute Gasteiger partial charge is 0.325 e. The van der Waals surface area contributed by atoms with Crippen molar-refractivity contribution in [3.05, 3.63) is 48.2 Å². The number of thioether (sulfide) groups is 1. The second kappa shape index (κ2) is 10.0. The molecule has 0 radical (unpaired) electrons. The second-order valence-electron chi connectivity index (χ2n) is 6.91. The number of nitrogens with zero attached hydrogens (tertiary/aromatic N) is 4. The zero-order chi connectivity index (χ0) is 21.6. The average molecular weight is 446 g/mol. The highest BCUT2D eigenvalue weighted by atomic mass is 32.2. The quantitative estimate of drug-likeness (QED) is 0.648. The minimum absolute atomic E-state index is 0.150. The molecule has 1 aromatic heterocycles. The van der Waals surface area contributed by atoms with E-state index in [0.717, 1.165) is 5.56 Å². The lowest BCUT2D eigenvalue weighted by Gasteiger charge is -2.31. The minimum Gasteiger partial charge on any atom is -0.325 e. The van der Waals surface area contributed by atoms with E-state index in [1.54, 1.807) is 30.3 Å². The van der Waals surface area contributed by atoms with Gasteiger partial charge in [0, 0.05) is 38.1 Å². The lowest BCUT2D eigenvalue weighted by Crippen LogP contribution is -2.47. The van der Waals surface area contributed by atoms with Crippen molar-refractivity contribution < 1.29 is 13.2 Å². The van der Waals surface area contributed by atoms with Gasteiger partial charge in [-0.3, -0.25) is 4.79 Å². The Morgan fingerprint density at radius 1 is 1.17 bits per heavy atom. The number of carbonyl (C=O) groups is 1. The summed E-state index contributed by atoms with van der Waals surface area (Å²) in [5.74, 6) is -0.0405. The number of sulfonamides is 1. The number of likely N-dealkylation sites (N-methyl/N-ethyl adjacent to an activating group) is 1. The normalized spacial score (nSPS) is 15.5. The van der Waals surface area contributed by atoms with Crippen LogP contribution in [0.5, 0.6) is 0 Å². The van der Waals surface area contributed by atoms with E-state index >= 15 is 0 Å². The summed E-state index contributed by atoms with van der Waals surface area (Å²) >= 11 is 1.23. The molecule has 2 heterocycles. The van der Waals surface area contributed by atoms with Gasteiger partial charge in [0.15, 0.2) is 0 Å². The maximum Gasteiger partial charge on any atom is 0.244 e. The van der Waals surface area contributed by atoms with Gasteiger partial charge in [-0.15, -0.1) is 0 Å². The number of carbonyl (C=O) groups excluding carboxylic acids is 1. The van der Waals surface area contributed by atoms with Crippen LogP contribution in [0.15, 0.2) is 52.5 Å². The number of pyridine rings is 1. The first-order chi connectivity index (χ1) is 14.4. The molecule has 1 aliphatic heterocycles. The van der Waals surface area contributed by atoms with Gasteiger partial charge in [0.25, 0.3) is 0 Å². The number of nitrogens with one attached hydrogen (secondary N) is 1. The van der Waals surface area contributed by atoms with Crippen LogP contribution in [0.2, 0.25) is 0 Å². The molecule has 2 aromatic rings. The fraction of sp³-hybridized carbons (Fsp3) is 0.350. The van der Waals surface area contributed by atoms with Crippen LogP contribution in [-0.4, -0.2) is 67.5 Å². The standard InChI is InChI=1S/C20H23N5O3S2/c1-24-10-12-25(13-11-24)30(27,28)18-6-7-20(22-14-18)29-15-19(26)23-17-4-2-16(3-5-17)8-9-21/h2-7,14H,8,10-13,15H2,1H3,(H,23,26). The first-order valence-corrected chi connectivity index (χ1v) is 11.8. The van der Waals surface area contributed by atoms with E-state index in [1.807, 2.05) is 7.05 Å². The number of hydrogen-bond donors (Lipinski definition) is 1. The summed E-state index contributed by atoms with van der Waals surface area (Å²) in [7, 11) is -1.58. The van der Waals surface area contributed by atoms with E-state index in [1.165, 1.54) is 28.3 Å². The fourth-order valence-electron chi connectivity index (χ4n) is 2.92. The van der Waals surface area contributed by atoms with Crippen molar-refractivity contribution in [3.8, 4) is 6.07 Å². The van der Waals surface area contributed by atoms with Gasteiger partial charge in [0.05, 0.1) is 23.3 Å². The molecule has 1 fully saturated rings. The smallest absolute Gasteiger partial charge is 0.244 e. The molecule has 0 saturated carbocycles. The summed E-state index contributed by atoms with van der Waals surface area (Å²) in [5.41, 5.74) is 1.55. The molecule has 1 aromatic carbocycles. The van der Waals surface area contributed by atoms with E-state index < -0.39 is 10.0 Å². The molecule has 1 saturated heterocycles. The number of nitriles is 1. The van der Waals surface area contributed by atoms with Crippen molar-refractivity contribution in [3.63, 3.8) is 0 Å². The first kappa shape index (κ1) is 22.2. The number of aromatic nitrogens is 1. The Labute approximate surface area is 180 Å². The summed E-state index contributed by atoms with van der Waals surface area (Å²) in [4.78, 5) is 18.6. The van der Waals surface area contributed by atoms with Crippen LogP contribution in [-0.2, 0) is 21.2 Å². The van der Waals surface area contributed by atoms with Crippen LogP contribution >= 0.6 is 11.8 Å². The fourth-order valence-corrected chi connectivity index (χ4v) is 4.93. The molecular formula is C20H23N5O3S2. The van der Waals surface area contributed by atoms with Crippen LogP contribution in [0.3, 0.4) is 0 Å². The van der Waals surface area contributed by atoms with Gasteiger partial charge in [-0.2, -0.15) is 9.57 Å². The number of anilines is 1. The molecule has 1 aliphatic rings. The lowest BCUT2D eigenvalue weighted by molar-refractivity contribution is -0.113. The van der Waals surface area contributed by atoms with Gasteiger partial charge in [0.1, 0.15) is 4.90 Å². The molecule has 0 bridgehead atoms.